The van der Waals surface area contributed by atoms with Crippen LogP contribution in [0.1, 0.15) is 30.3 Å². The Morgan fingerprint density at radius 1 is 1.17 bits per heavy atom. The fourth-order valence-corrected chi connectivity index (χ4v) is 5.31. The zero-order chi connectivity index (χ0) is 17.4. The summed E-state index contributed by atoms with van der Waals surface area (Å²) in [6.07, 6.45) is 0.951. The molecule has 0 aliphatic rings. The van der Waals surface area contributed by atoms with Gasteiger partial charge >= 0.3 is 0 Å². The highest BCUT2D eigenvalue weighted by atomic mass is 35.5. The second-order valence-corrected chi connectivity index (χ2v) is 8.59. The molecule has 0 spiro atoms. The quantitative estimate of drug-likeness (QED) is 0.510. The molecule has 0 aliphatic heterocycles. The predicted octanol–water partition coefficient (Wildman–Crippen LogP) is 4.85. The van der Waals surface area contributed by atoms with E-state index in [1.165, 1.54) is 0 Å². The van der Waals surface area contributed by atoms with Crippen LogP contribution < -0.4 is 10.6 Å². The third-order valence-corrected chi connectivity index (χ3v) is 6.66. The molecule has 0 saturated heterocycles. The van der Waals surface area contributed by atoms with Crippen molar-refractivity contribution in [2.24, 2.45) is 0 Å². The molecule has 24 heavy (non-hydrogen) atoms. The van der Waals surface area contributed by atoms with E-state index >= 15 is 0 Å². The first-order valence-electron chi connectivity index (χ1n) is 8.27. The Morgan fingerprint density at radius 3 is 2.54 bits per heavy atom. The molecule has 0 radical (unpaired) electrons. The third-order valence-electron chi connectivity index (χ3n) is 3.76. The van der Waals surface area contributed by atoms with E-state index in [-0.39, 0.29) is 12.4 Å². The van der Waals surface area contributed by atoms with Crippen LogP contribution in [-0.2, 0) is 9.09 Å². The van der Waals surface area contributed by atoms with Gasteiger partial charge in [-0.25, -0.2) is 0 Å². The lowest BCUT2D eigenvalue weighted by atomic mass is 10.1. The normalized spacial score (nSPS) is 15.0. The van der Waals surface area contributed by atoms with Crippen molar-refractivity contribution in [3.8, 4) is 0 Å². The molecule has 1 N–H and O–H groups in total. The number of benzene rings is 2. The Bertz CT molecular complexity index is 678. The highest BCUT2D eigenvalue weighted by Gasteiger charge is 2.37. The molecule has 0 amide bonds. The number of rotatable bonds is 9. The fraction of sp³-hybridized carbons (Fsp3) is 0.368. The van der Waals surface area contributed by atoms with Gasteiger partial charge in [-0.1, -0.05) is 55.0 Å². The third kappa shape index (κ3) is 4.70. The van der Waals surface area contributed by atoms with Crippen molar-refractivity contribution in [2.45, 2.75) is 26.1 Å². The number of hydrogen-bond donors (Lipinski definition) is 1. The van der Waals surface area contributed by atoms with Crippen LogP contribution >= 0.6 is 19.0 Å². The zero-order valence-corrected chi connectivity index (χ0v) is 15.9. The first-order chi connectivity index (χ1) is 11.6. The molecular formula is C19H25ClNO2P. The smallest absolute Gasteiger partial charge is 0.252 e. The molecule has 2 aromatic carbocycles. The van der Waals surface area contributed by atoms with Crippen LogP contribution in [-0.4, -0.2) is 19.0 Å². The highest BCUT2D eigenvalue weighted by molar-refractivity contribution is 7.67. The van der Waals surface area contributed by atoms with Gasteiger partial charge < -0.3 is 9.84 Å². The Balaban J connectivity index is 2.50. The van der Waals surface area contributed by atoms with E-state index in [4.69, 9.17) is 16.1 Å². The summed E-state index contributed by atoms with van der Waals surface area (Å²) in [5, 5.41) is 4.14. The SMILES string of the molecule is CCCNC(c1cccc(C)c1)P(=O)(OCCCl)c1ccccc1. The molecule has 2 aromatic rings. The molecule has 0 fully saturated rings. The van der Waals surface area contributed by atoms with Gasteiger partial charge in [0.2, 0.25) is 0 Å². The van der Waals surface area contributed by atoms with E-state index in [0.29, 0.717) is 11.2 Å². The molecule has 0 saturated carbocycles. The van der Waals surface area contributed by atoms with Gasteiger partial charge in [-0.15, -0.1) is 11.6 Å². The summed E-state index contributed by atoms with van der Waals surface area (Å²) >= 11 is 5.81. The molecule has 0 heterocycles. The van der Waals surface area contributed by atoms with Crippen LogP contribution in [0, 0.1) is 6.92 Å². The molecule has 0 bridgehead atoms. The van der Waals surface area contributed by atoms with Crippen molar-refractivity contribution in [2.75, 3.05) is 19.0 Å². The Morgan fingerprint density at radius 2 is 1.92 bits per heavy atom. The molecule has 0 aromatic heterocycles. The Kier molecular flexibility index (Phi) is 7.51. The average molecular weight is 366 g/mol. The monoisotopic (exact) mass is 365 g/mol. The summed E-state index contributed by atoms with van der Waals surface area (Å²) in [5.74, 6) is -0.0755. The molecule has 3 nitrogen and oxygen atoms in total. The summed E-state index contributed by atoms with van der Waals surface area (Å²) in [6.45, 7) is 5.14. The van der Waals surface area contributed by atoms with Gasteiger partial charge in [0.15, 0.2) is 0 Å². The van der Waals surface area contributed by atoms with E-state index in [1.807, 2.05) is 55.5 Å². The summed E-state index contributed by atoms with van der Waals surface area (Å²) in [7, 11) is -3.17. The van der Waals surface area contributed by atoms with Crippen LogP contribution in [0.5, 0.6) is 0 Å². The topological polar surface area (TPSA) is 38.3 Å². The second-order valence-electron chi connectivity index (χ2n) is 5.73. The molecule has 5 heteroatoms. The van der Waals surface area contributed by atoms with Crippen LogP contribution in [0.2, 0.25) is 0 Å². The van der Waals surface area contributed by atoms with Crippen molar-refractivity contribution in [1.29, 1.82) is 0 Å². The van der Waals surface area contributed by atoms with E-state index in [0.717, 1.165) is 24.1 Å². The van der Waals surface area contributed by atoms with Crippen LogP contribution in [0.15, 0.2) is 54.6 Å². The summed E-state index contributed by atoms with van der Waals surface area (Å²) in [5.41, 5.74) is 2.11. The molecule has 130 valence electrons. The first kappa shape index (κ1) is 19.2. The van der Waals surface area contributed by atoms with Gasteiger partial charge in [0.25, 0.3) is 7.37 Å². The molecule has 0 aliphatic carbocycles. The van der Waals surface area contributed by atoms with Gasteiger partial charge in [-0.2, -0.15) is 0 Å². The van der Waals surface area contributed by atoms with Crippen molar-refractivity contribution in [3.63, 3.8) is 0 Å². The Labute approximate surface area is 149 Å². The van der Waals surface area contributed by atoms with E-state index in [9.17, 15) is 4.57 Å². The maximum atomic E-state index is 13.9. The van der Waals surface area contributed by atoms with Crippen molar-refractivity contribution in [3.05, 3.63) is 65.7 Å². The van der Waals surface area contributed by atoms with Gasteiger partial charge in [-0.05, 0) is 37.6 Å². The minimum Gasteiger partial charge on any atom is -0.323 e. The number of aryl methyl sites for hydroxylation is 1. The van der Waals surface area contributed by atoms with Crippen molar-refractivity contribution in [1.82, 2.24) is 5.32 Å². The first-order valence-corrected chi connectivity index (χ1v) is 10.5. The molecular weight excluding hydrogens is 341 g/mol. The van der Waals surface area contributed by atoms with Crippen LogP contribution in [0.25, 0.3) is 0 Å². The van der Waals surface area contributed by atoms with E-state index in [1.54, 1.807) is 0 Å². The maximum Gasteiger partial charge on any atom is 0.252 e. The number of halogens is 1. The van der Waals surface area contributed by atoms with E-state index in [2.05, 4.69) is 18.3 Å². The lowest BCUT2D eigenvalue weighted by Crippen LogP contribution is -2.27. The second kappa shape index (κ2) is 9.39. The minimum atomic E-state index is -3.17. The molecule has 2 atom stereocenters. The lowest BCUT2D eigenvalue weighted by molar-refractivity contribution is 0.330. The summed E-state index contributed by atoms with van der Waals surface area (Å²) < 4.78 is 19.8. The predicted molar refractivity (Wildman–Crippen MR) is 103 cm³/mol. The largest absolute Gasteiger partial charge is 0.323 e. The number of nitrogens with one attached hydrogen (secondary N) is 1. The summed E-state index contributed by atoms with van der Waals surface area (Å²) in [4.78, 5) is 0. The van der Waals surface area contributed by atoms with Gasteiger partial charge in [0, 0.05) is 11.2 Å². The lowest BCUT2D eigenvalue weighted by Gasteiger charge is -2.29. The number of hydrogen-bond acceptors (Lipinski definition) is 3. The number of alkyl halides is 1. The van der Waals surface area contributed by atoms with Crippen LogP contribution in [0.4, 0.5) is 0 Å². The standard InChI is InChI=1S/C19H25ClNO2P/c1-3-13-21-19(17-9-7-8-16(2)15-17)24(22,23-14-12-20)18-10-5-4-6-11-18/h4-11,15,19,21H,3,12-14H2,1-2H3. The fourth-order valence-electron chi connectivity index (χ4n) is 2.66. The van der Waals surface area contributed by atoms with Crippen molar-refractivity contribution < 1.29 is 9.09 Å². The molecule has 2 unspecified atom stereocenters. The zero-order valence-electron chi connectivity index (χ0n) is 14.2. The highest BCUT2D eigenvalue weighted by Crippen LogP contribution is 2.57. The Hall–Kier alpha value is -1.12. The average Bonchev–Trinajstić information content (AvgIpc) is 2.61. The minimum absolute atomic E-state index is 0.254. The maximum absolute atomic E-state index is 13.9. The van der Waals surface area contributed by atoms with Gasteiger partial charge in [-0.3, -0.25) is 4.57 Å². The molecule has 2 rings (SSSR count). The van der Waals surface area contributed by atoms with E-state index < -0.39 is 7.37 Å². The van der Waals surface area contributed by atoms with Crippen molar-refractivity contribution >= 4 is 24.3 Å². The van der Waals surface area contributed by atoms with Gasteiger partial charge in [0.05, 0.1) is 6.61 Å². The summed E-state index contributed by atoms with van der Waals surface area (Å²) in [6, 6.07) is 17.5. The van der Waals surface area contributed by atoms with Crippen LogP contribution in [0.3, 0.4) is 0 Å². The van der Waals surface area contributed by atoms with Gasteiger partial charge in [0.1, 0.15) is 5.78 Å².